The number of carbonyl (C=O) groups is 1. The average Bonchev–Trinajstić information content (AvgIpc) is 2.85. The van der Waals surface area contributed by atoms with Crippen LogP contribution >= 0.6 is 12.4 Å². The fourth-order valence-electron chi connectivity index (χ4n) is 2.64. The molecule has 0 spiro atoms. The van der Waals surface area contributed by atoms with E-state index in [0.29, 0.717) is 25.5 Å². The summed E-state index contributed by atoms with van der Waals surface area (Å²) in [5.74, 6) is 1.37. The molecule has 1 amide bonds. The topological polar surface area (TPSA) is 55.6 Å². The Balaban J connectivity index is 0.00000220. The van der Waals surface area contributed by atoms with Crippen molar-refractivity contribution in [3.05, 3.63) is 30.3 Å². The summed E-state index contributed by atoms with van der Waals surface area (Å²) in [4.78, 5) is 13.8. The second-order valence-corrected chi connectivity index (χ2v) is 5.54. The summed E-state index contributed by atoms with van der Waals surface area (Å²) in [5, 5.41) is 0. The Labute approximate surface area is 133 Å². The van der Waals surface area contributed by atoms with E-state index in [9.17, 15) is 4.79 Å². The highest BCUT2D eigenvalue weighted by molar-refractivity contribution is 5.85. The van der Waals surface area contributed by atoms with Crippen LogP contribution in [0.25, 0.3) is 0 Å². The summed E-state index contributed by atoms with van der Waals surface area (Å²) in [6.07, 6.45) is 3.86. The zero-order valence-corrected chi connectivity index (χ0v) is 13.3. The van der Waals surface area contributed by atoms with Crippen molar-refractivity contribution in [3.8, 4) is 5.75 Å². The predicted octanol–water partition coefficient (Wildman–Crippen LogP) is 2.46. The molecule has 1 aromatic carbocycles. The van der Waals surface area contributed by atoms with Crippen molar-refractivity contribution in [2.45, 2.75) is 31.7 Å². The molecular weight excluding hydrogens is 288 g/mol. The van der Waals surface area contributed by atoms with Gasteiger partial charge >= 0.3 is 0 Å². The summed E-state index contributed by atoms with van der Waals surface area (Å²) >= 11 is 0. The fourth-order valence-corrected chi connectivity index (χ4v) is 2.64. The molecule has 0 saturated heterocycles. The van der Waals surface area contributed by atoms with Crippen molar-refractivity contribution >= 4 is 18.3 Å². The van der Waals surface area contributed by atoms with Crippen molar-refractivity contribution in [3.63, 3.8) is 0 Å². The van der Waals surface area contributed by atoms with Crippen molar-refractivity contribution in [2.75, 3.05) is 20.2 Å². The number of rotatable bonds is 6. The Bertz CT molecular complexity index is 428. The van der Waals surface area contributed by atoms with Crippen LogP contribution in [0.1, 0.15) is 25.7 Å². The van der Waals surface area contributed by atoms with Gasteiger partial charge in [0.2, 0.25) is 5.91 Å². The van der Waals surface area contributed by atoms with Crippen LogP contribution < -0.4 is 10.5 Å². The molecule has 5 heteroatoms. The number of hydrogen-bond acceptors (Lipinski definition) is 3. The van der Waals surface area contributed by atoms with Gasteiger partial charge < -0.3 is 15.4 Å². The molecular formula is C16H25ClN2O2. The van der Waals surface area contributed by atoms with E-state index in [4.69, 9.17) is 10.5 Å². The van der Waals surface area contributed by atoms with Crippen LogP contribution in [0.2, 0.25) is 0 Å². The Morgan fingerprint density at radius 3 is 2.67 bits per heavy atom. The highest BCUT2D eigenvalue weighted by Crippen LogP contribution is 2.27. The maximum absolute atomic E-state index is 12.1. The number of nitrogens with two attached hydrogens (primary N) is 1. The van der Waals surface area contributed by atoms with Gasteiger partial charge in [0.1, 0.15) is 12.4 Å². The molecule has 1 aliphatic rings. The van der Waals surface area contributed by atoms with Gasteiger partial charge in [-0.1, -0.05) is 24.6 Å². The quantitative estimate of drug-likeness (QED) is 0.878. The molecule has 2 atom stereocenters. The van der Waals surface area contributed by atoms with Crippen LogP contribution in [0.15, 0.2) is 30.3 Å². The van der Waals surface area contributed by atoms with Crippen LogP contribution in [0, 0.1) is 5.92 Å². The first-order valence-electron chi connectivity index (χ1n) is 7.34. The van der Waals surface area contributed by atoms with Gasteiger partial charge in [-0.15, -0.1) is 12.4 Å². The number of para-hydroxylation sites is 1. The van der Waals surface area contributed by atoms with Gasteiger partial charge in [0.05, 0.1) is 6.54 Å². The molecule has 0 aliphatic heterocycles. The lowest BCUT2D eigenvalue weighted by atomic mass is 9.99. The highest BCUT2D eigenvalue weighted by atomic mass is 35.5. The molecule has 2 N–H and O–H groups in total. The number of amides is 1. The van der Waals surface area contributed by atoms with Crippen LogP contribution in [0.3, 0.4) is 0 Å². The number of hydrogen-bond donors (Lipinski definition) is 1. The summed E-state index contributed by atoms with van der Waals surface area (Å²) < 4.78 is 5.60. The van der Waals surface area contributed by atoms with Crippen LogP contribution in [0.5, 0.6) is 5.75 Å². The zero-order valence-electron chi connectivity index (χ0n) is 12.5. The maximum Gasteiger partial charge on any atom is 0.222 e. The smallest absolute Gasteiger partial charge is 0.222 e. The Hall–Kier alpha value is -1.26. The second kappa shape index (κ2) is 8.90. The largest absolute Gasteiger partial charge is 0.492 e. The second-order valence-electron chi connectivity index (χ2n) is 5.54. The summed E-state index contributed by atoms with van der Waals surface area (Å²) in [5.41, 5.74) is 6.01. The van der Waals surface area contributed by atoms with E-state index < -0.39 is 0 Å². The normalized spacial score (nSPS) is 20.7. The number of ether oxygens (including phenoxy) is 1. The van der Waals surface area contributed by atoms with Gasteiger partial charge in [0.25, 0.3) is 0 Å². The van der Waals surface area contributed by atoms with E-state index in [1.807, 2.05) is 37.4 Å². The minimum atomic E-state index is 0. The van der Waals surface area contributed by atoms with Crippen molar-refractivity contribution < 1.29 is 9.53 Å². The van der Waals surface area contributed by atoms with E-state index in [1.165, 1.54) is 0 Å². The lowest BCUT2D eigenvalue weighted by molar-refractivity contribution is -0.131. The Morgan fingerprint density at radius 1 is 1.33 bits per heavy atom. The molecule has 1 aliphatic carbocycles. The standard InChI is InChI=1S/C16H24N2O2.ClH/c1-18(10-11-20-14-7-3-2-4-8-14)16(19)12-13-6-5-9-15(13)17;/h2-4,7-8,13,15H,5-6,9-12,17H2,1H3;1H/t13-,15+;/m0./s1. The minimum Gasteiger partial charge on any atom is -0.492 e. The number of carbonyl (C=O) groups excluding carboxylic acids is 1. The van der Waals surface area contributed by atoms with E-state index in [2.05, 4.69) is 0 Å². The lowest BCUT2D eigenvalue weighted by Gasteiger charge is -2.21. The molecule has 0 aromatic heterocycles. The first kappa shape index (κ1) is 17.8. The molecule has 21 heavy (non-hydrogen) atoms. The molecule has 2 rings (SSSR count). The van der Waals surface area contributed by atoms with Crippen LogP contribution in [-0.4, -0.2) is 37.0 Å². The SMILES string of the molecule is CN(CCOc1ccccc1)C(=O)C[C@@H]1CCC[C@H]1N.Cl. The zero-order chi connectivity index (χ0) is 14.4. The molecule has 1 fully saturated rings. The Morgan fingerprint density at radius 2 is 2.05 bits per heavy atom. The van der Waals surface area contributed by atoms with Gasteiger partial charge in [0.15, 0.2) is 0 Å². The number of likely N-dealkylation sites (N-methyl/N-ethyl adjacent to an activating group) is 1. The first-order valence-corrected chi connectivity index (χ1v) is 7.34. The van der Waals surface area contributed by atoms with Gasteiger partial charge in [-0.2, -0.15) is 0 Å². The van der Waals surface area contributed by atoms with Gasteiger partial charge in [-0.05, 0) is 30.9 Å². The third-order valence-electron chi connectivity index (χ3n) is 4.02. The molecule has 0 radical (unpaired) electrons. The summed E-state index contributed by atoms with van der Waals surface area (Å²) in [6, 6.07) is 9.86. The van der Waals surface area contributed by atoms with Gasteiger partial charge in [-0.25, -0.2) is 0 Å². The minimum absolute atomic E-state index is 0. The molecule has 1 saturated carbocycles. The molecule has 0 heterocycles. The third kappa shape index (κ3) is 5.56. The van der Waals surface area contributed by atoms with Crippen molar-refractivity contribution in [1.82, 2.24) is 4.90 Å². The predicted molar refractivity (Wildman–Crippen MR) is 86.8 cm³/mol. The average molecular weight is 313 g/mol. The molecule has 4 nitrogen and oxygen atoms in total. The number of benzene rings is 1. The van der Waals surface area contributed by atoms with E-state index in [0.717, 1.165) is 25.0 Å². The fraction of sp³-hybridized carbons (Fsp3) is 0.562. The Kier molecular flexibility index (Phi) is 7.54. The first-order chi connectivity index (χ1) is 9.66. The van der Waals surface area contributed by atoms with E-state index >= 15 is 0 Å². The summed E-state index contributed by atoms with van der Waals surface area (Å²) in [7, 11) is 1.83. The van der Waals surface area contributed by atoms with E-state index in [1.54, 1.807) is 4.90 Å². The van der Waals surface area contributed by atoms with Crippen molar-refractivity contribution in [2.24, 2.45) is 11.7 Å². The number of halogens is 1. The molecule has 0 unspecified atom stereocenters. The summed E-state index contributed by atoms with van der Waals surface area (Å²) in [6.45, 7) is 1.12. The molecule has 118 valence electrons. The third-order valence-corrected chi connectivity index (χ3v) is 4.02. The van der Waals surface area contributed by atoms with E-state index in [-0.39, 0.29) is 24.4 Å². The lowest BCUT2D eigenvalue weighted by Crippen LogP contribution is -2.35. The molecule has 1 aromatic rings. The highest BCUT2D eigenvalue weighted by Gasteiger charge is 2.27. The van der Waals surface area contributed by atoms with Gasteiger partial charge in [-0.3, -0.25) is 4.79 Å². The molecule has 0 bridgehead atoms. The monoisotopic (exact) mass is 312 g/mol. The van der Waals surface area contributed by atoms with Crippen molar-refractivity contribution in [1.29, 1.82) is 0 Å². The maximum atomic E-state index is 12.1. The van der Waals surface area contributed by atoms with Crippen LogP contribution in [0.4, 0.5) is 0 Å². The van der Waals surface area contributed by atoms with Crippen LogP contribution in [-0.2, 0) is 4.79 Å². The van der Waals surface area contributed by atoms with Gasteiger partial charge in [0, 0.05) is 19.5 Å². The number of nitrogens with zero attached hydrogens (tertiary/aromatic N) is 1.